The van der Waals surface area contributed by atoms with Crippen molar-refractivity contribution in [1.82, 2.24) is 5.32 Å². The first-order valence-electron chi connectivity index (χ1n) is 6.46. The number of hydrogen-bond donors (Lipinski definition) is 1. The van der Waals surface area contributed by atoms with Crippen molar-refractivity contribution >= 4 is 21.8 Å². The summed E-state index contributed by atoms with van der Waals surface area (Å²) in [5.74, 6) is -2.10. The summed E-state index contributed by atoms with van der Waals surface area (Å²) in [5.41, 5.74) is 0.907. The molecule has 2 nitrogen and oxygen atoms in total. The molecule has 0 radical (unpaired) electrons. The lowest BCUT2D eigenvalue weighted by Gasteiger charge is -2.14. The maximum atomic E-state index is 13.5. The molecule has 0 fully saturated rings. The van der Waals surface area contributed by atoms with E-state index in [1.807, 2.05) is 31.2 Å². The fourth-order valence-corrected chi connectivity index (χ4v) is 2.26. The number of nitrogens with one attached hydrogen (secondary N) is 1. The van der Waals surface area contributed by atoms with E-state index in [0.717, 1.165) is 22.2 Å². The summed E-state index contributed by atoms with van der Waals surface area (Å²) in [6, 6.07) is 10.5. The Morgan fingerprint density at radius 1 is 1.19 bits per heavy atom. The third-order valence-electron chi connectivity index (χ3n) is 3.01. The van der Waals surface area contributed by atoms with Crippen molar-refractivity contribution in [2.45, 2.75) is 19.4 Å². The maximum Gasteiger partial charge on any atom is 0.254 e. The average molecular weight is 354 g/mol. The van der Waals surface area contributed by atoms with E-state index in [2.05, 4.69) is 21.2 Å². The zero-order valence-electron chi connectivity index (χ0n) is 11.4. The largest absolute Gasteiger partial charge is 0.349 e. The van der Waals surface area contributed by atoms with Crippen LogP contribution in [0.5, 0.6) is 0 Å². The molecular weight excluding hydrogens is 340 g/mol. The summed E-state index contributed by atoms with van der Waals surface area (Å²) in [7, 11) is 0. The van der Waals surface area contributed by atoms with Crippen LogP contribution < -0.4 is 5.32 Å². The van der Waals surface area contributed by atoms with Gasteiger partial charge in [0.25, 0.3) is 5.91 Å². The second kappa shape index (κ2) is 6.80. The van der Waals surface area contributed by atoms with Crippen molar-refractivity contribution < 1.29 is 13.6 Å². The maximum absolute atomic E-state index is 13.5. The molecule has 21 heavy (non-hydrogen) atoms. The Kier molecular flexibility index (Phi) is 5.07. The van der Waals surface area contributed by atoms with Gasteiger partial charge in [-0.2, -0.15) is 0 Å². The quantitative estimate of drug-likeness (QED) is 0.881. The minimum absolute atomic E-state index is 0.154. The molecule has 0 aromatic heterocycles. The van der Waals surface area contributed by atoms with Crippen molar-refractivity contribution in [3.05, 3.63) is 69.7 Å². The molecule has 0 spiro atoms. The van der Waals surface area contributed by atoms with Crippen molar-refractivity contribution in [1.29, 1.82) is 0 Å². The third kappa shape index (κ3) is 4.36. The Balaban J connectivity index is 2.00. The number of benzene rings is 2. The van der Waals surface area contributed by atoms with E-state index in [1.165, 1.54) is 0 Å². The molecule has 0 aliphatic carbocycles. The van der Waals surface area contributed by atoms with Gasteiger partial charge in [0, 0.05) is 16.6 Å². The molecule has 2 rings (SSSR count). The second-order valence-corrected chi connectivity index (χ2v) is 5.74. The van der Waals surface area contributed by atoms with Gasteiger partial charge in [-0.15, -0.1) is 0 Å². The summed E-state index contributed by atoms with van der Waals surface area (Å²) in [5, 5.41) is 2.71. The van der Waals surface area contributed by atoms with E-state index in [0.29, 0.717) is 12.5 Å². The predicted octanol–water partition coefficient (Wildman–Crippen LogP) is 4.09. The molecule has 2 aromatic carbocycles. The molecule has 110 valence electrons. The van der Waals surface area contributed by atoms with Gasteiger partial charge in [-0.25, -0.2) is 8.78 Å². The van der Waals surface area contributed by atoms with Crippen molar-refractivity contribution in [2.75, 3.05) is 0 Å². The molecule has 0 saturated heterocycles. The molecule has 0 heterocycles. The predicted molar refractivity (Wildman–Crippen MR) is 81.1 cm³/mol. The van der Waals surface area contributed by atoms with Crippen LogP contribution in [0.15, 0.2) is 46.9 Å². The Bertz CT molecular complexity index is 643. The molecule has 0 aliphatic heterocycles. The number of halogens is 3. The normalized spacial score (nSPS) is 12.0. The van der Waals surface area contributed by atoms with E-state index >= 15 is 0 Å². The van der Waals surface area contributed by atoms with Gasteiger partial charge in [-0.05, 0) is 43.2 Å². The molecule has 1 amide bonds. The highest BCUT2D eigenvalue weighted by molar-refractivity contribution is 9.10. The van der Waals surface area contributed by atoms with Crippen LogP contribution >= 0.6 is 15.9 Å². The average Bonchev–Trinajstić information content (AvgIpc) is 2.41. The Hall–Kier alpha value is -1.75. The number of rotatable bonds is 4. The number of carbonyl (C=O) groups is 1. The molecule has 1 N–H and O–H groups in total. The van der Waals surface area contributed by atoms with Crippen LogP contribution in [0.1, 0.15) is 22.8 Å². The highest BCUT2D eigenvalue weighted by Gasteiger charge is 2.15. The summed E-state index contributed by atoms with van der Waals surface area (Å²) >= 11 is 3.35. The highest BCUT2D eigenvalue weighted by atomic mass is 79.9. The minimum Gasteiger partial charge on any atom is -0.349 e. The van der Waals surface area contributed by atoms with Crippen molar-refractivity contribution in [3.8, 4) is 0 Å². The SMILES string of the molecule is C[C@H](Cc1ccc(Br)cc1)NC(=O)c1ccc(F)cc1F. The van der Waals surface area contributed by atoms with Gasteiger partial charge in [-0.3, -0.25) is 4.79 Å². The molecule has 2 aromatic rings. The lowest BCUT2D eigenvalue weighted by molar-refractivity contribution is 0.0936. The molecule has 0 unspecified atom stereocenters. The third-order valence-corrected chi connectivity index (χ3v) is 3.54. The van der Waals surface area contributed by atoms with Crippen LogP contribution in [-0.2, 0) is 6.42 Å². The van der Waals surface area contributed by atoms with Crippen LogP contribution in [0, 0.1) is 11.6 Å². The van der Waals surface area contributed by atoms with Crippen LogP contribution in [-0.4, -0.2) is 11.9 Å². The summed E-state index contributed by atoms with van der Waals surface area (Å²) in [4.78, 5) is 12.0. The van der Waals surface area contributed by atoms with Gasteiger partial charge in [0.1, 0.15) is 11.6 Å². The summed E-state index contributed by atoms with van der Waals surface area (Å²) in [6.45, 7) is 1.83. The first kappa shape index (κ1) is 15.6. The topological polar surface area (TPSA) is 29.1 Å². The van der Waals surface area contributed by atoms with E-state index in [-0.39, 0.29) is 11.6 Å². The molecule has 0 saturated carbocycles. The standard InChI is InChI=1S/C16H14BrF2NO/c1-10(8-11-2-4-12(17)5-3-11)20-16(21)14-7-6-13(18)9-15(14)19/h2-7,9-10H,8H2,1H3,(H,20,21)/t10-/m1/s1. The van der Waals surface area contributed by atoms with Gasteiger partial charge < -0.3 is 5.32 Å². The minimum atomic E-state index is -0.858. The van der Waals surface area contributed by atoms with E-state index < -0.39 is 17.5 Å². The number of carbonyl (C=O) groups excluding carboxylic acids is 1. The second-order valence-electron chi connectivity index (χ2n) is 4.83. The van der Waals surface area contributed by atoms with Crippen LogP contribution in [0.25, 0.3) is 0 Å². The van der Waals surface area contributed by atoms with Gasteiger partial charge in [0.05, 0.1) is 5.56 Å². The van der Waals surface area contributed by atoms with E-state index in [9.17, 15) is 13.6 Å². The van der Waals surface area contributed by atoms with Crippen LogP contribution in [0.2, 0.25) is 0 Å². The Morgan fingerprint density at radius 2 is 1.86 bits per heavy atom. The van der Waals surface area contributed by atoms with Gasteiger partial charge in [0.15, 0.2) is 0 Å². The van der Waals surface area contributed by atoms with E-state index in [4.69, 9.17) is 0 Å². The molecule has 0 aliphatic rings. The zero-order chi connectivity index (χ0) is 15.4. The van der Waals surface area contributed by atoms with Crippen LogP contribution in [0.3, 0.4) is 0 Å². The first-order chi connectivity index (χ1) is 9.95. The fourth-order valence-electron chi connectivity index (χ4n) is 2.00. The first-order valence-corrected chi connectivity index (χ1v) is 7.25. The highest BCUT2D eigenvalue weighted by Crippen LogP contribution is 2.13. The van der Waals surface area contributed by atoms with Gasteiger partial charge >= 0.3 is 0 Å². The molecule has 1 atom stereocenters. The fraction of sp³-hybridized carbons (Fsp3) is 0.188. The molecule has 0 bridgehead atoms. The lowest BCUT2D eigenvalue weighted by Crippen LogP contribution is -2.34. The van der Waals surface area contributed by atoms with Gasteiger partial charge in [0.2, 0.25) is 0 Å². The smallest absolute Gasteiger partial charge is 0.254 e. The number of hydrogen-bond acceptors (Lipinski definition) is 1. The van der Waals surface area contributed by atoms with Crippen LogP contribution in [0.4, 0.5) is 8.78 Å². The van der Waals surface area contributed by atoms with Gasteiger partial charge in [-0.1, -0.05) is 28.1 Å². The molecular formula is C16H14BrF2NO. The Morgan fingerprint density at radius 3 is 2.48 bits per heavy atom. The van der Waals surface area contributed by atoms with E-state index in [1.54, 1.807) is 0 Å². The molecule has 5 heteroatoms. The lowest BCUT2D eigenvalue weighted by atomic mass is 10.1. The van der Waals surface area contributed by atoms with Crippen molar-refractivity contribution in [3.63, 3.8) is 0 Å². The summed E-state index contributed by atoms with van der Waals surface area (Å²) in [6.07, 6.45) is 0.627. The Labute approximate surface area is 130 Å². The summed E-state index contributed by atoms with van der Waals surface area (Å²) < 4.78 is 27.3. The van der Waals surface area contributed by atoms with Crippen molar-refractivity contribution in [2.24, 2.45) is 0 Å². The monoisotopic (exact) mass is 353 g/mol. The number of amides is 1. The zero-order valence-corrected chi connectivity index (χ0v) is 13.0.